The molecule has 5 aromatic rings. The van der Waals surface area contributed by atoms with Crippen molar-refractivity contribution < 1.29 is 0 Å². The summed E-state index contributed by atoms with van der Waals surface area (Å²) in [5.41, 5.74) is 12.3. The lowest BCUT2D eigenvalue weighted by Crippen LogP contribution is -2.25. The maximum atomic E-state index is 5.21. The van der Waals surface area contributed by atoms with Crippen LogP contribution in [0.5, 0.6) is 0 Å². The molecule has 0 spiro atoms. The fraction of sp³-hybridized carbons (Fsp3) is 0.372. The molecule has 2 aliphatic carbocycles. The summed E-state index contributed by atoms with van der Waals surface area (Å²) in [5, 5.41) is 0. The Morgan fingerprint density at radius 3 is 1.71 bits per heavy atom. The minimum Gasteiger partial charge on any atom is -0.299 e. The van der Waals surface area contributed by atoms with Crippen molar-refractivity contribution in [3.8, 4) is 39.3 Å². The molecule has 2 fully saturated rings. The second-order valence-corrected chi connectivity index (χ2v) is 14.5. The smallest absolute Gasteiger partial charge is 0.144 e. The predicted molar refractivity (Wildman–Crippen MR) is 190 cm³/mol. The monoisotopic (exact) mass is 592 g/mol. The number of hydrogen-bond donors (Lipinski definition) is 0. The van der Waals surface area contributed by atoms with E-state index in [9.17, 15) is 0 Å². The molecule has 1 aromatic heterocycles. The van der Waals surface area contributed by atoms with Gasteiger partial charge in [0.1, 0.15) is 5.82 Å². The van der Waals surface area contributed by atoms with Crippen LogP contribution in [0, 0.1) is 5.92 Å². The molecule has 0 radical (unpaired) electrons. The highest BCUT2D eigenvalue weighted by molar-refractivity contribution is 5.76. The molecule has 2 saturated carbocycles. The lowest BCUT2D eigenvalue weighted by molar-refractivity contribution is 0.373. The molecule has 0 amide bonds. The number of aromatic nitrogens is 2. The maximum absolute atomic E-state index is 5.21. The molecule has 4 aromatic carbocycles. The van der Waals surface area contributed by atoms with Gasteiger partial charge in [-0.3, -0.25) is 4.57 Å². The van der Waals surface area contributed by atoms with Crippen LogP contribution in [-0.2, 0) is 5.41 Å². The van der Waals surface area contributed by atoms with Crippen LogP contribution in [0.2, 0.25) is 0 Å². The molecule has 0 N–H and O–H groups in total. The summed E-state index contributed by atoms with van der Waals surface area (Å²) >= 11 is 0. The van der Waals surface area contributed by atoms with E-state index in [1.165, 1.54) is 102 Å². The summed E-state index contributed by atoms with van der Waals surface area (Å²) in [6, 6.07) is 34.1. The molecule has 2 aliphatic rings. The molecule has 45 heavy (non-hydrogen) atoms. The van der Waals surface area contributed by atoms with E-state index < -0.39 is 0 Å². The van der Waals surface area contributed by atoms with Gasteiger partial charge < -0.3 is 0 Å². The van der Waals surface area contributed by atoms with Gasteiger partial charge in [0.05, 0.1) is 5.69 Å². The van der Waals surface area contributed by atoms with Crippen LogP contribution >= 0.6 is 0 Å². The van der Waals surface area contributed by atoms with Crippen molar-refractivity contribution in [2.45, 2.75) is 96.3 Å². The first-order chi connectivity index (χ1) is 21.9. The third-order valence-electron chi connectivity index (χ3n) is 11.3. The van der Waals surface area contributed by atoms with Crippen molar-refractivity contribution in [3.63, 3.8) is 0 Å². The molecule has 0 aliphatic heterocycles. The summed E-state index contributed by atoms with van der Waals surface area (Å²) in [6.07, 6.45) is 14.7. The van der Waals surface area contributed by atoms with Crippen molar-refractivity contribution in [3.05, 3.63) is 120 Å². The Morgan fingerprint density at radius 1 is 0.644 bits per heavy atom. The quantitative estimate of drug-likeness (QED) is 0.175. The van der Waals surface area contributed by atoms with Crippen molar-refractivity contribution >= 4 is 0 Å². The predicted octanol–water partition coefficient (Wildman–Crippen LogP) is 12.1. The zero-order chi connectivity index (χ0) is 31.0. The van der Waals surface area contributed by atoms with Crippen molar-refractivity contribution in [2.24, 2.45) is 5.92 Å². The first kappa shape index (κ1) is 29.8. The highest BCUT2D eigenvalue weighted by atomic mass is 15.1. The van der Waals surface area contributed by atoms with Crippen LogP contribution in [-0.4, -0.2) is 9.55 Å². The van der Waals surface area contributed by atoms with Gasteiger partial charge in [-0.2, -0.15) is 0 Å². The fourth-order valence-corrected chi connectivity index (χ4v) is 7.95. The lowest BCUT2D eigenvalue weighted by Gasteiger charge is -2.33. The van der Waals surface area contributed by atoms with Crippen molar-refractivity contribution in [2.75, 3.05) is 0 Å². The molecule has 0 saturated heterocycles. The zero-order valence-electron chi connectivity index (χ0n) is 27.6. The van der Waals surface area contributed by atoms with Crippen LogP contribution in [0.4, 0.5) is 0 Å². The molecule has 7 rings (SSSR count). The molecule has 230 valence electrons. The number of rotatable bonds is 8. The highest BCUT2D eigenvalue weighted by Gasteiger charge is 2.32. The second kappa shape index (κ2) is 12.5. The van der Waals surface area contributed by atoms with Crippen molar-refractivity contribution in [1.29, 1.82) is 0 Å². The number of imidazole rings is 1. The van der Waals surface area contributed by atoms with Gasteiger partial charge in [0.25, 0.3) is 0 Å². The van der Waals surface area contributed by atoms with Gasteiger partial charge in [0.2, 0.25) is 0 Å². The highest BCUT2D eigenvalue weighted by Crippen LogP contribution is 2.47. The average molecular weight is 593 g/mol. The van der Waals surface area contributed by atoms with Crippen LogP contribution in [0.1, 0.15) is 108 Å². The zero-order valence-corrected chi connectivity index (χ0v) is 27.6. The third kappa shape index (κ3) is 5.69. The molecular formula is C43H48N2. The Labute approximate surface area is 270 Å². The minimum absolute atomic E-state index is 0.0128. The van der Waals surface area contributed by atoms with Crippen LogP contribution in [0.15, 0.2) is 103 Å². The summed E-state index contributed by atoms with van der Waals surface area (Å²) in [7, 11) is 0. The Kier molecular flexibility index (Phi) is 8.25. The number of benzene rings is 4. The second-order valence-electron chi connectivity index (χ2n) is 14.5. The Morgan fingerprint density at radius 2 is 1.18 bits per heavy atom. The van der Waals surface area contributed by atoms with Gasteiger partial charge in [-0.15, -0.1) is 0 Å². The van der Waals surface area contributed by atoms with E-state index >= 15 is 0 Å². The first-order valence-electron chi connectivity index (χ1n) is 17.4. The molecule has 2 nitrogen and oxygen atoms in total. The van der Waals surface area contributed by atoms with E-state index in [-0.39, 0.29) is 5.41 Å². The third-order valence-corrected chi connectivity index (χ3v) is 11.3. The lowest BCUT2D eigenvalue weighted by atomic mass is 9.73. The first-order valence-corrected chi connectivity index (χ1v) is 17.4. The van der Waals surface area contributed by atoms with E-state index in [0.29, 0.717) is 17.8 Å². The number of nitrogens with zero attached hydrogens (tertiary/aromatic N) is 2. The standard InChI is InChI=1S/C43H48N2/c1-30(2)43(3,4)40-24-23-35(31-15-7-5-8-16-31)27-39(40)42-44-25-26-45(42)41-37(33-19-11-12-20-33)28-36(32-17-9-6-10-18-32)29-38(41)34-21-13-14-22-34/h5-10,15-18,23-30,33-34H,11-14,19-22H2,1-4H3. The average Bonchev–Trinajstić information content (AvgIpc) is 3.88. The van der Waals surface area contributed by atoms with E-state index in [1.807, 2.05) is 6.20 Å². The van der Waals surface area contributed by atoms with Gasteiger partial charge in [0, 0.05) is 18.0 Å². The normalized spacial score (nSPS) is 16.2. The van der Waals surface area contributed by atoms with Gasteiger partial charge in [-0.1, -0.05) is 126 Å². The largest absolute Gasteiger partial charge is 0.299 e. The minimum atomic E-state index is -0.0128. The van der Waals surface area contributed by atoms with E-state index in [1.54, 1.807) is 0 Å². The number of hydrogen-bond acceptors (Lipinski definition) is 1. The van der Waals surface area contributed by atoms with E-state index in [2.05, 4.69) is 129 Å². The van der Waals surface area contributed by atoms with Crippen LogP contribution in [0.3, 0.4) is 0 Å². The van der Waals surface area contributed by atoms with Gasteiger partial charge in [-0.25, -0.2) is 4.98 Å². The summed E-state index contributed by atoms with van der Waals surface area (Å²) in [5.74, 6) is 2.72. The van der Waals surface area contributed by atoms with Crippen LogP contribution < -0.4 is 0 Å². The molecule has 2 heteroatoms. The molecule has 0 atom stereocenters. The van der Waals surface area contributed by atoms with E-state index in [4.69, 9.17) is 4.98 Å². The van der Waals surface area contributed by atoms with E-state index in [0.717, 1.165) is 5.82 Å². The van der Waals surface area contributed by atoms with Crippen LogP contribution in [0.25, 0.3) is 39.3 Å². The topological polar surface area (TPSA) is 17.8 Å². The molecule has 0 bridgehead atoms. The SMILES string of the molecule is CC(C)C(C)(C)c1ccc(-c2ccccc2)cc1-c1nccn1-c1c(C2CCCC2)cc(-c2ccccc2)cc1C1CCCC1. The molecule has 1 heterocycles. The van der Waals surface area contributed by atoms with Gasteiger partial charge in [0.15, 0.2) is 0 Å². The Balaban J connectivity index is 1.49. The maximum Gasteiger partial charge on any atom is 0.144 e. The molecular weight excluding hydrogens is 544 g/mol. The van der Waals surface area contributed by atoms with Gasteiger partial charge in [-0.05, 0) is 106 Å². The Hall–Kier alpha value is -3.91. The summed E-state index contributed by atoms with van der Waals surface area (Å²) < 4.78 is 2.50. The van der Waals surface area contributed by atoms with Crippen molar-refractivity contribution in [1.82, 2.24) is 9.55 Å². The Bertz CT molecular complexity index is 1710. The van der Waals surface area contributed by atoms with Gasteiger partial charge >= 0.3 is 0 Å². The molecule has 0 unspecified atom stereocenters. The summed E-state index contributed by atoms with van der Waals surface area (Å²) in [4.78, 5) is 5.21. The summed E-state index contributed by atoms with van der Waals surface area (Å²) in [6.45, 7) is 9.49. The fourth-order valence-electron chi connectivity index (χ4n) is 7.95.